The Morgan fingerprint density at radius 3 is 3.00 bits per heavy atom. The SMILES string of the molecule is Nc1ccc2c(c1)CC(=O)N2CCc1cccnc1. The average Bonchev–Trinajstić information content (AvgIpc) is 2.72. The van der Waals surface area contributed by atoms with Gasteiger partial charge in [-0.2, -0.15) is 0 Å². The Bertz CT molecular complexity index is 610. The van der Waals surface area contributed by atoms with Crippen LogP contribution in [0.5, 0.6) is 0 Å². The summed E-state index contributed by atoms with van der Waals surface area (Å²) in [6, 6.07) is 9.60. The Labute approximate surface area is 111 Å². The van der Waals surface area contributed by atoms with Crippen molar-refractivity contribution in [1.82, 2.24) is 4.98 Å². The lowest BCUT2D eigenvalue weighted by molar-refractivity contribution is -0.117. The van der Waals surface area contributed by atoms with E-state index in [-0.39, 0.29) is 5.91 Å². The first-order chi connectivity index (χ1) is 9.24. The molecule has 1 aromatic heterocycles. The van der Waals surface area contributed by atoms with Gasteiger partial charge in [0, 0.05) is 30.3 Å². The van der Waals surface area contributed by atoms with Crippen LogP contribution in [0.1, 0.15) is 11.1 Å². The number of hydrogen-bond acceptors (Lipinski definition) is 3. The van der Waals surface area contributed by atoms with Crippen molar-refractivity contribution in [2.75, 3.05) is 17.2 Å². The van der Waals surface area contributed by atoms with Crippen molar-refractivity contribution in [2.45, 2.75) is 12.8 Å². The van der Waals surface area contributed by atoms with E-state index in [1.165, 1.54) is 0 Å². The summed E-state index contributed by atoms with van der Waals surface area (Å²) in [5.74, 6) is 0.143. The van der Waals surface area contributed by atoms with Gasteiger partial charge >= 0.3 is 0 Å². The fourth-order valence-electron chi connectivity index (χ4n) is 2.44. The van der Waals surface area contributed by atoms with Gasteiger partial charge in [-0.1, -0.05) is 6.07 Å². The van der Waals surface area contributed by atoms with Gasteiger partial charge < -0.3 is 10.6 Å². The highest BCUT2D eigenvalue weighted by molar-refractivity contribution is 6.01. The number of benzene rings is 1. The molecule has 0 spiro atoms. The van der Waals surface area contributed by atoms with Crippen molar-refractivity contribution < 1.29 is 4.79 Å². The standard InChI is InChI=1S/C15H15N3O/c16-13-3-4-14-12(8-13)9-15(19)18(14)7-5-11-2-1-6-17-10-11/h1-4,6,8,10H,5,7,9,16H2. The molecule has 0 atom stereocenters. The highest BCUT2D eigenvalue weighted by atomic mass is 16.2. The maximum atomic E-state index is 12.0. The van der Waals surface area contributed by atoms with E-state index in [2.05, 4.69) is 4.98 Å². The molecule has 1 aliphatic heterocycles. The number of hydrogen-bond donors (Lipinski definition) is 1. The second kappa shape index (κ2) is 4.72. The van der Waals surface area contributed by atoms with Crippen molar-refractivity contribution in [3.63, 3.8) is 0 Å². The van der Waals surface area contributed by atoms with Crippen LogP contribution in [0.2, 0.25) is 0 Å². The second-order valence-corrected chi connectivity index (χ2v) is 4.72. The van der Waals surface area contributed by atoms with Crippen molar-refractivity contribution in [3.8, 4) is 0 Å². The van der Waals surface area contributed by atoms with Crippen LogP contribution in [-0.4, -0.2) is 17.4 Å². The molecule has 1 aromatic carbocycles. The molecule has 2 aromatic rings. The molecule has 0 fully saturated rings. The Kier molecular flexibility index (Phi) is 2.91. The number of amides is 1. The molecule has 2 N–H and O–H groups in total. The number of aromatic nitrogens is 1. The van der Waals surface area contributed by atoms with Crippen LogP contribution in [0.25, 0.3) is 0 Å². The van der Waals surface area contributed by atoms with Gasteiger partial charge in [-0.15, -0.1) is 0 Å². The van der Waals surface area contributed by atoms with Gasteiger partial charge in [0.1, 0.15) is 0 Å². The van der Waals surface area contributed by atoms with Gasteiger partial charge in [-0.25, -0.2) is 0 Å². The molecule has 1 amide bonds. The van der Waals surface area contributed by atoms with Crippen molar-refractivity contribution >= 4 is 17.3 Å². The molecule has 0 saturated carbocycles. The van der Waals surface area contributed by atoms with Crippen molar-refractivity contribution in [1.29, 1.82) is 0 Å². The van der Waals surface area contributed by atoms with Crippen LogP contribution in [0.3, 0.4) is 0 Å². The molecule has 4 heteroatoms. The lowest BCUT2D eigenvalue weighted by atomic mass is 10.1. The van der Waals surface area contributed by atoms with Crippen LogP contribution in [0.4, 0.5) is 11.4 Å². The normalized spacial score (nSPS) is 13.7. The van der Waals surface area contributed by atoms with Crippen LogP contribution in [-0.2, 0) is 17.6 Å². The molecule has 2 heterocycles. The number of pyridine rings is 1. The Hall–Kier alpha value is -2.36. The third-order valence-corrected chi connectivity index (χ3v) is 3.38. The minimum atomic E-state index is 0.143. The van der Waals surface area contributed by atoms with Crippen LogP contribution in [0, 0.1) is 0 Å². The zero-order valence-electron chi connectivity index (χ0n) is 10.5. The third-order valence-electron chi connectivity index (χ3n) is 3.38. The fourth-order valence-corrected chi connectivity index (χ4v) is 2.44. The zero-order chi connectivity index (χ0) is 13.2. The topological polar surface area (TPSA) is 59.2 Å². The van der Waals surface area contributed by atoms with Gasteiger partial charge in [0.05, 0.1) is 6.42 Å². The van der Waals surface area contributed by atoms with Gasteiger partial charge in [0.25, 0.3) is 0 Å². The molecule has 19 heavy (non-hydrogen) atoms. The molecule has 0 radical (unpaired) electrons. The van der Waals surface area contributed by atoms with Gasteiger partial charge in [0.2, 0.25) is 5.91 Å². The van der Waals surface area contributed by atoms with E-state index in [1.54, 1.807) is 6.20 Å². The van der Waals surface area contributed by atoms with Crippen LogP contribution in [0.15, 0.2) is 42.7 Å². The Balaban J connectivity index is 1.77. The largest absolute Gasteiger partial charge is 0.399 e. The molecule has 0 unspecified atom stereocenters. The highest BCUT2D eigenvalue weighted by Gasteiger charge is 2.26. The van der Waals surface area contributed by atoms with Crippen molar-refractivity contribution in [3.05, 3.63) is 53.9 Å². The van der Waals surface area contributed by atoms with E-state index < -0.39 is 0 Å². The lowest BCUT2D eigenvalue weighted by Gasteiger charge is -2.17. The van der Waals surface area contributed by atoms with Crippen LogP contribution >= 0.6 is 0 Å². The summed E-state index contributed by atoms with van der Waals surface area (Å²) < 4.78 is 0. The van der Waals surface area contributed by atoms with Gasteiger partial charge in [-0.3, -0.25) is 9.78 Å². The minimum absolute atomic E-state index is 0.143. The Morgan fingerprint density at radius 2 is 2.21 bits per heavy atom. The summed E-state index contributed by atoms with van der Waals surface area (Å²) in [5, 5.41) is 0. The van der Waals surface area contributed by atoms with Crippen molar-refractivity contribution in [2.24, 2.45) is 0 Å². The first-order valence-corrected chi connectivity index (χ1v) is 6.32. The smallest absolute Gasteiger partial charge is 0.231 e. The highest BCUT2D eigenvalue weighted by Crippen LogP contribution is 2.30. The quantitative estimate of drug-likeness (QED) is 0.848. The van der Waals surface area contributed by atoms with E-state index in [1.807, 2.05) is 41.4 Å². The number of nitrogens with two attached hydrogens (primary N) is 1. The number of rotatable bonds is 3. The zero-order valence-corrected chi connectivity index (χ0v) is 10.5. The maximum absolute atomic E-state index is 12.0. The van der Waals surface area contributed by atoms with E-state index in [4.69, 9.17) is 5.73 Å². The monoisotopic (exact) mass is 253 g/mol. The van der Waals surface area contributed by atoms with E-state index in [0.717, 1.165) is 23.2 Å². The average molecular weight is 253 g/mol. The van der Waals surface area contributed by atoms with Gasteiger partial charge in [-0.05, 0) is 41.8 Å². The summed E-state index contributed by atoms with van der Waals surface area (Å²) in [7, 11) is 0. The minimum Gasteiger partial charge on any atom is -0.399 e. The maximum Gasteiger partial charge on any atom is 0.231 e. The number of carbonyl (C=O) groups is 1. The first-order valence-electron chi connectivity index (χ1n) is 6.32. The lowest BCUT2D eigenvalue weighted by Crippen LogP contribution is -2.28. The second-order valence-electron chi connectivity index (χ2n) is 4.72. The molecular formula is C15H15N3O. The Morgan fingerprint density at radius 1 is 1.32 bits per heavy atom. The number of carbonyl (C=O) groups excluding carboxylic acids is 1. The fraction of sp³-hybridized carbons (Fsp3) is 0.200. The molecule has 4 nitrogen and oxygen atoms in total. The number of anilines is 2. The van der Waals surface area contributed by atoms with Crippen LogP contribution < -0.4 is 10.6 Å². The number of nitrogens with zero attached hydrogens (tertiary/aromatic N) is 2. The first kappa shape index (κ1) is 11.7. The summed E-state index contributed by atoms with van der Waals surface area (Å²) in [6.07, 6.45) is 4.85. The van der Waals surface area contributed by atoms with Gasteiger partial charge in [0.15, 0.2) is 0 Å². The van der Waals surface area contributed by atoms with E-state index in [0.29, 0.717) is 18.7 Å². The predicted octanol–water partition coefficient (Wildman–Crippen LogP) is 1.80. The number of nitrogen functional groups attached to an aromatic ring is 1. The third kappa shape index (κ3) is 2.29. The molecule has 96 valence electrons. The van der Waals surface area contributed by atoms with E-state index in [9.17, 15) is 4.79 Å². The number of fused-ring (bicyclic) bond motifs is 1. The molecule has 3 rings (SSSR count). The summed E-state index contributed by atoms with van der Waals surface area (Å²) >= 11 is 0. The van der Waals surface area contributed by atoms with E-state index >= 15 is 0 Å². The molecule has 0 saturated heterocycles. The summed E-state index contributed by atoms with van der Waals surface area (Å²) in [5.41, 5.74) is 9.61. The molecular weight excluding hydrogens is 238 g/mol. The summed E-state index contributed by atoms with van der Waals surface area (Å²) in [6.45, 7) is 0.682. The predicted molar refractivity (Wildman–Crippen MR) is 74.9 cm³/mol. The molecule has 0 aliphatic carbocycles. The summed E-state index contributed by atoms with van der Waals surface area (Å²) in [4.78, 5) is 18.0. The molecule has 1 aliphatic rings. The molecule has 0 bridgehead atoms.